The third kappa shape index (κ3) is 2.28. The van der Waals surface area contributed by atoms with E-state index >= 15 is 0 Å². The van der Waals surface area contributed by atoms with Crippen LogP contribution in [0.3, 0.4) is 0 Å². The smallest absolute Gasteiger partial charge is 0.265 e. The van der Waals surface area contributed by atoms with Gasteiger partial charge in [0.1, 0.15) is 17.3 Å². The highest BCUT2D eigenvalue weighted by molar-refractivity contribution is 9.10. The van der Waals surface area contributed by atoms with Crippen molar-refractivity contribution in [3.63, 3.8) is 0 Å². The number of anilines is 1. The number of hydrogen-bond acceptors (Lipinski definition) is 3. The quantitative estimate of drug-likeness (QED) is 0.796. The molecule has 3 rings (SSSR count). The van der Waals surface area contributed by atoms with Crippen LogP contribution in [-0.4, -0.2) is 33.5 Å². The van der Waals surface area contributed by atoms with Crippen LogP contribution in [0, 0.1) is 6.92 Å². The normalized spacial score (nSPS) is 18.8. The first-order valence-corrected chi connectivity index (χ1v) is 7.29. The van der Waals surface area contributed by atoms with Gasteiger partial charge in [-0.2, -0.15) is 0 Å². The first kappa shape index (κ1) is 13.7. The van der Waals surface area contributed by atoms with Gasteiger partial charge in [-0.05, 0) is 29.3 Å². The highest BCUT2D eigenvalue weighted by Crippen LogP contribution is 2.36. The Bertz CT molecular complexity index is 668. The fraction of sp³-hybridized carbons (Fsp3) is 0.538. The monoisotopic (exact) mass is 344 g/mol. The zero-order valence-electron chi connectivity index (χ0n) is 11.3. The molecule has 0 N–H and O–H groups in total. The number of aromatic nitrogens is 3. The number of nitrogens with zero attached hydrogens (tertiary/aromatic N) is 4. The van der Waals surface area contributed by atoms with Crippen LogP contribution in [0.2, 0.25) is 0 Å². The van der Waals surface area contributed by atoms with Crippen molar-refractivity contribution < 1.29 is 8.78 Å². The SMILES string of the molecule is Cc1nc(N2CCCC(F)(F)C2)c2c(Br)cn(C)c2n1. The van der Waals surface area contributed by atoms with Gasteiger partial charge in [-0.1, -0.05) is 0 Å². The molecular formula is C13H15BrF2N4. The fourth-order valence-corrected chi connectivity index (χ4v) is 3.35. The topological polar surface area (TPSA) is 34.0 Å². The molecule has 2 aromatic heterocycles. The van der Waals surface area contributed by atoms with E-state index in [2.05, 4.69) is 25.9 Å². The van der Waals surface area contributed by atoms with Crippen LogP contribution >= 0.6 is 15.9 Å². The van der Waals surface area contributed by atoms with Crippen LogP contribution in [-0.2, 0) is 7.05 Å². The van der Waals surface area contributed by atoms with E-state index < -0.39 is 5.92 Å². The van der Waals surface area contributed by atoms with E-state index in [1.54, 1.807) is 11.8 Å². The van der Waals surface area contributed by atoms with Gasteiger partial charge in [0.15, 0.2) is 0 Å². The molecule has 0 amide bonds. The Morgan fingerprint density at radius 3 is 2.80 bits per heavy atom. The molecule has 7 heteroatoms. The minimum absolute atomic E-state index is 0.0489. The van der Waals surface area contributed by atoms with Gasteiger partial charge < -0.3 is 9.47 Å². The minimum atomic E-state index is -2.65. The molecule has 0 saturated carbocycles. The summed E-state index contributed by atoms with van der Waals surface area (Å²) in [7, 11) is 1.88. The van der Waals surface area contributed by atoms with Crippen molar-refractivity contribution in [1.29, 1.82) is 0 Å². The first-order chi connectivity index (χ1) is 9.37. The number of alkyl halides is 2. The molecule has 0 atom stereocenters. The highest BCUT2D eigenvalue weighted by atomic mass is 79.9. The van der Waals surface area contributed by atoms with Gasteiger partial charge in [0.2, 0.25) is 0 Å². The summed E-state index contributed by atoms with van der Waals surface area (Å²) in [6.45, 7) is 2.11. The van der Waals surface area contributed by atoms with Gasteiger partial charge in [0.25, 0.3) is 5.92 Å². The van der Waals surface area contributed by atoms with E-state index in [1.165, 1.54) is 0 Å². The van der Waals surface area contributed by atoms with Crippen LogP contribution in [0.5, 0.6) is 0 Å². The molecular weight excluding hydrogens is 330 g/mol. The number of halogens is 3. The molecule has 1 saturated heterocycles. The molecule has 1 aliphatic heterocycles. The second kappa shape index (κ2) is 4.65. The van der Waals surface area contributed by atoms with Gasteiger partial charge in [-0.25, -0.2) is 18.7 Å². The summed E-state index contributed by atoms with van der Waals surface area (Å²) >= 11 is 3.47. The summed E-state index contributed by atoms with van der Waals surface area (Å²) in [6.07, 6.45) is 2.30. The van der Waals surface area contributed by atoms with E-state index in [9.17, 15) is 8.78 Å². The maximum Gasteiger partial charge on any atom is 0.265 e. The van der Waals surface area contributed by atoms with Crippen molar-refractivity contribution in [3.05, 3.63) is 16.5 Å². The summed E-state index contributed by atoms with van der Waals surface area (Å²) < 4.78 is 30.0. The molecule has 0 aromatic carbocycles. The van der Waals surface area contributed by atoms with Crippen molar-refractivity contribution >= 4 is 32.8 Å². The number of rotatable bonds is 1. The van der Waals surface area contributed by atoms with Crippen molar-refractivity contribution in [2.45, 2.75) is 25.7 Å². The summed E-state index contributed by atoms with van der Waals surface area (Å²) in [5.74, 6) is -1.46. The average molecular weight is 345 g/mol. The molecule has 4 nitrogen and oxygen atoms in total. The number of hydrogen-bond donors (Lipinski definition) is 0. The lowest BCUT2D eigenvalue weighted by atomic mass is 10.1. The zero-order chi connectivity index (χ0) is 14.5. The summed E-state index contributed by atoms with van der Waals surface area (Å²) in [4.78, 5) is 10.5. The molecule has 0 unspecified atom stereocenters. The van der Waals surface area contributed by atoms with Crippen LogP contribution in [0.4, 0.5) is 14.6 Å². The fourth-order valence-electron chi connectivity index (χ4n) is 2.68. The average Bonchev–Trinajstić information content (AvgIpc) is 2.63. The molecule has 0 aliphatic carbocycles. The maximum atomic E-state index is 13.6. The molecule has 1 aliphatic rings. The Balaban J connectivity index is 2.15. The first-order valence-electron chi connectivity index (χ1n) is 6.49. The standard InChI is InChI=1S/C13H15BrF2N4/c1-8-17-11-10(9(14)6-19(11)2)12(18-8)20-5-3-4-13(15,16)7-20/h6H,3-5,7H2,1-2H3. The molecule has 20 heavy (non-hydrogen) atoms. The lowest BCUT2D eigenvalue weighted by molar-refractivity contribution is -0.0118. The molecule has 0 radical (unpaired) electrons. The van der Waals surface area contributed by atoms with Crippen LogP contribution in [0.25, 0.3) is 11.0 Å². The zero-order valence-corrected chi connectivity index (χ0v) is 12.9. The largest absolute Gasteiger partial charge is 0.350 e. The molecule has 1 fully saturated rings. The summed E-state index contributed by atoms with van der Waals surface area (Å²) in [5, 5.41) is 0.802. The van der Waals surface area contributed by atoms with Gasteiger partial charge in [-0.3, -0.25) is 0 Å². The van der Waals surface area contributed by atoms with Gasteiger partial charge in [0, 0.05) is 30.7 Å². The lowest BCUT2D eigenvalue weighted by Gasteiger charge is -2.33. The van der Waals surface area contributed by atoms with Crippen molar-refractivity contribution in [1.82, 2.24) is 14.5 Å². The maximum absolute atomic E-state index is 13.6. The molecule has 2 aromatic rings. The predicted octanol–water partition coefficient (Wildman–Crippen LogP) is 3.27. The second-order valence-electron chi connectivity index (χ2n) is 5.26. The lowest BCUT2D eigenvalue weighted by Crippen LogP contribution is -2.43. The van der Waals surface area contributed by atoms with E-state index in [-0.39, 0.29) is 13.0 Å². The van der Waals surface area contributed by atoms with Crippen LogP contribution in [0.15, 0.2) is 10.7 Å². The number of piperidine rings is 1. The van der Waals surface area contributed by atoms with Crippen molar-refractivity contribution in [2.75, 3.05) is 18.0 Å². The Hall–Kier alpha value is -1.24. The Morgan fingerprint density at radius 2 is 2.10 bits per heavy atom. The highest BCUT2D eigenvalue weighted by Gasteiger charge is 2.36. The number of fused-ring (bicyclic) bond motifs is 1. The second-order valence-corrected chi connectivity index (χ2v) is 6.12. The molecule has 108 valence electrons. The summed E-state index contributed by atoms with van der Waals surface area (Å²) in [5.41, 5.74) is 0.758. The van der Waals surface area contributed by atoms with Crippen LogP contribution in [0.1, 0.15) is 18.7 Å². The van der Waals surface area contributed by atoms with E-state index in [1.807, 2.05) is 17.8 Å². The van der Waals surface area contributed by atoms with Crippen molar-refractivity contribution in [3.8, 4) is 0 Å². The number of aryl methyl sites for hydroxylation is 2. The minimum Gasteiger partial charge on any atom is -0.350 e. The predicted molar refractivity (Wildman–Crippen MR) is 77.3 cm³/mol. The van der Waals surface area contributed by atoms with Gasteiger partial charge in [0.05, 0.1) is 11.9 Å². The van der Waals surface area contributed by atoms with E-state index in [0.717, 1.165) is 15.5 Å². The molecule has 0 spiro atoms. The Morgan fingerprint density at radius 1 is 1.35 bits per heavy atom. The Labute approximate surface area is 123 Å². The molecule has 0 bridgehead atoms. The molecule has 3 heterocycles. The third-order valence-corrected chi connectivity index (χ3v) is 4.16. The summed E-state index contributed by atoms with van der Waals surface area (Å²) in [6, 6.07) is 0. The van der Waals surface area contributed by atoms with E-state index in [0.29, 0.717) is 24.6 Å². The Kier molecular flexibility index (Phi) is 3.19. The van der Waals surface area contributed by atoms with Gasteiger partial charge in [-0.15, -0.1) is 0 Å². The van der Waals surface area contributed by atoms with Crippen LogP contribution < -0.4 is 4.90 Å². The van der Waals surface area contributed by atoms with E-state index in [4.69, 9.17) is 0 Å². The van der Waals surface area contributed by atoms with Gasteiger partial charge >= 0.3 is 0 Å². The van der Waals surface area contributed by atoms with Crippen molar-refractivity contribution in [2.24, 2.45) is 7.05 Å². The third-order valence-electron chi connectivity index (χ3n) is 3.55.